The van der Waals surface area contributed by atoms with Gasteiger partial charge in [-0.1, -0.05) is 11.6 Å². The number of likely N-dealkylation sites (tertiary alicyclic amines) is 1. The summed E-state index contributed by atoms with van der Waals surface area (Å²) in [6.45, 7) is 3.47. The fourth-order valence-electron chi connectivity index (χ4n) is 3.18. The zero-order valence-electron chi connectivity index (χ0n) is 11.6. The number of aromatic nitrogens is 2. The molecular formula is C13H19ClN4O3. The number of aliphatic hydroxyl groups excluding tert-OH is 1. The van der Waals surface area contributed by atoms with E-state index in [1.165, 1.54) is 12.6 Å². The zero-order valence-corrected chi connectivity index (χ0v) is 12.4. The Morgan fingerprint density at radius 2 is 2.10 bits per heavy atom. The molecule has 21 heavy (non-hydrogen) atoms. The fraction of sp³-hybridized carbons (Fsp3) is 0.692. The van der Waals surface area contributed by atoms with Gasteiger partial charge in [0.05, 0.1) is 11.2 Å². The summed E-state index contributed by atoms with van der Waals surface area (Å²) in [5, 5.41) is 25.5. The number of hydrogen-bond acceptors (Lipinski definition) is 5. The maximum absolute atomic E-state index is 12.4. The van der Waals surface area contributed by atoms with E-state index in [1.54, 1.807) is 4.90 Å². The molecule has 0 bridgehead atoms. The van der Waals surface area contributed by atoms with Gasteiger partial charge in [-0.05, 0) is 31.2 Å². The summed E-state index contributed by atoms with van der Waals surface area (Å²) >= 11 is 5.84. The van der Waals surface area contributed by atoms with Crippen LogP contribution in [0.4, 0.5) is 4.79 Å². The smallest absolute Gasteiger partial charge is 0.344 e. The predicted molar refractivity (Wildman–Crippen MR) is 75.9 cm³/mol. The molecule has 1 aromatic rings. The van der Waals surface area contributed by atoms with E-state index in [2.05, 4.69) is 10.4 Å². The van der Waals surface area contributed by atoms with E-state index >= 15 is 0 Å². The van der Waals surface area contributed by atoms with Gasteiger partial charge in [-0.15, -0.1) is 0 Å². The molecule has 0 atom stereocenters. The first kappa shape index (κ1) is 14.8. The predicted octanol–water partition coefficient (Wildman–Crippen LogP) is 0.563. The summed E-state index contributed by atoms with van der Waals surface area (Å²) < 4.78 is 1.09. The molecule has 0 aliphatic carbocycles. The van der Waals surface area contributed by atoms with E-state index in [9.17, 15) is 4.79 Å². The maximum atomic E-state index is 12.4. The van der Waals surface area contributed by atoms with Crippen molar-refractivity contribution in [2.24, 2.45) is 5.41 Å². The molecule has 116 valence electrons. The van der Waals surface area contributed by atoms with Crippen LogP contribution in [-0.4, -0.2) is 57.1 Å². The quantitative estimate of drug-likeness (QED) is 0.659. The van der Waals surface area contributed by atoms with Crippen LogP contribution in [-0.2, 0) is 0 Å². The second-order valence-electron chi connectivity index (χ2n) is 5.88. The van der Waals surface area contributed by atoms with Crippen molar-refractivity contribution in [1.82, 2.24) is 20.0 Å². The number of aliphatic hydroxyl groups is 2. The Hall–Kier alpha value is -1.15. The van der Waals surface area contributed by atoms with Gasteiger partial charge in [-0.25, -0.2) is 4.79 Å². The van der Waals surface area contributed by atoms with Crippen LogP contribution < -0.4 is 5.32 Å². The Kier molecular flexibility index (Phi) is 3.92. The van der Waals surface area contributed by atoms with Gasteiger partial charge in [0.1, 0.15) is 5.69 Å². The van der Waals surface area contributed by atoms with Gasteiger partial charge in [0, 0.05) is 19.6 Å². The standard InChI is InChI=1S/C13H19ClN4O3/c14-9-7-18(16-10(9)11(19)20)12(21)17-5-2-13(3-6-17)1-4-15-8-13/h7,11,15,19-20H,1-6,8H2. The first-order valence-electron chi connectivity index (χ1n) is 7.12. The lowest BCUT2D eigenvalue weighted by Gasteiger charge is -2.38. The fourth-order valence-corrected chi connectivity index (χ4v) is 3.41. The van der Waals surface area contributed by atoms with Gasteiger partial charge in [0.2, 0.25) is 0 Å². The van der Waals surface area contributed by atoms with Crippen LogP contribution >= 0.6 is 11.6 Å². The molecule has 0 unspecified atom stereocenters. The van der Waals surface area contributed by atoms with Crippen LogP contribution in [0.1, 0.15) is 31.2 Å². The Morgan fingerprint density at radius 3 is 2.62 bits per heavy atom. The number of piperidine rings is 1. The minimum atomic E-state index is -1.78. The summed E-state index contributed by atoms with van der Waals surface area (Å²) in [6.07, 6.45) is 2.68. The minimum absolute atomic E-state index is 0.0758. The highest BCUT2D eigenvalue weighted by Gasteiger charge is 2.38. The average molecular weight is 315 g/mol. The maximum Gasteiger partial charge on any atom is 0.344 e. The van der Waals surface area contributed by atoms with Gasteiger partial charge >= 0.3 is 6.03 Å². The lowest BCUT2D eigenvalue weighted by Crippen LogP contribution is -2.45. The van der Waals surface area contributed by atoms with E-state index < -0.39 is 6.29 Å². The summed E-state index contributed by atoms with van der Waals surface area (Å²) in [5.41, 5.74) is 0.240. The van der Waals surface area contributed by atoms with Crippen molar-refractivity contribution in [2.45, 2.75) is 25.6 Å². The van der Waals surface area contributed by atoms with Crippen LogP contribution in [0.15, 0.2) is 6.20 Å². The number of rotatable bonds is 1. The summed E-state index contributed by atoms with van der Waals surface area (Å²) in [5.74, 6) is 0. The molecule has 0 radical (unpaired) electrons. The molecule has 3 rings (SSSR count). The van der Waals surface area contributed by atoms with Crippen molar-refractivity contribution >= 4 is 17.6 Å². The summed E-state index contributed by atoms with van der Waals surface area (Å²) in [6, 6.07) is -0.274. The Balaban J connectivity index is 1.67. The highest BCUT2D eigenvalue weighted by atomic mass is 35.5. The molecule has 2 saturated heterocycles. The van der Waals surface area contributed by atoms with Gasteiger partial charge in [-0.2, -0.15) is 9.78 Å². The van der Waals surface area contributed by atoms with Crippen molar-refractivity contribution in [1.29, 1.82) is 0 Å². The van der Waals surface area contributed by atoms with Crippen LogP contribution in [0.3, 0.4) is 0 Å². The number of amides is 1. The van der Waals surface area contributed by atoms with Gasteiger partial charge in [0.25, 0.3) is 0 Å². The van der Waals surface area contributed by atoms with Crippen LogP contribution in [0.25, 0.3) is 0 Å². The van der Waals surface area contributed by atoms with Gasteiger partial charge < -0.3 is 20.4 Å². The number of hydrogen-bond donors (Lipinski definition) is 3. The first-order chi connectivity index (χ1) is 10.0. The molecule has 0 saturated carbocycles. The van der Waals surface area contributed by atoms with E-state index in [0.717, 1.165) is 30.6 Å². The molecule has 8 heteroatoms. The van der Waals surface area contributed by atoms with Crippen molar-refractivity contribution < 1.29 is 15.0 Å². The number of nitrogens with zero attached hydrogens (tertiary/aromatic N) is 3. The zero-order chi connectivity index (χ0) is 15.0. The van der Waals surface area contributed by atoms with Crippen molar-refractivity contribution in [3.8, 4) is 0 Å². The van der Waals surface area contributed by atoms with Crippen LogP contribution in [0.2, 0.25) is 5.02 Å². The molecule has 2 fully saturated rings. The van der Waals surface area contributed by atoms with E-state index in [-0.39, 0.29) is 16.7 Å². The number of carbonyl (C=O) groups excluding carboxylic acids is 1. The minimum Gasteiger partial charge on any atom is -0.363 e. The average Bonchev–Trinajstić information content (AvgIpc) is 3.06. The molecule has 3 heterocycles. The highest BCUT2D eigenvalue weighted by Crippen LogP contribution is 2.37. The first-order valence-corrected chi connectivity index (χ1v) is 7.50. The Bertz CT molecular complexity index is 530. The largest absolute Gasteiger partial charge is 0.363 e. The molecular weight excluding hydrogens is 296 g/mol. The molecule has 2 aliphatic heterocycles. The Morgan fingerprint density at radius 1 is 1.38 bits per heavy atom. The second kappa shape index (κ2) is 5.57. The number of carbonyl (C=O) groups is 1. The second-order valence-corrected chi connectivity index (χ2v) is 6.28. The molecule has 1 aromatic heterocycles. The van der Waals surface area contributed by atoms with Crippen molar-refractivity contribution in [3.63, 3.8) is 0 Å². The van der Waals surface area contributed by atoms with Gasteiger partial charge in [-0.3, -0.25) is 0 Å². The topological polar surface area (TPSA) is 90.6 Å². The SMILES string of the molecule is O=C(N1CCC2(CCNC2)CC1)n1cc(Cl)c(C(O)O)n1. The molecule has 1 spiro atoms. The lowest BCUT2D eigenvalue weighted by molar-refractivity contribution is -0.0459. The van der Waals surface area contributed by atoms with Crippen molar-refractivity contribution in [2.75, 3.05) is 26.2 Å². The third-order valence-electron chi connectivity index (χ3n) is 4.56. The Labute approximate surface area is 127 Å². The summed E-state index contributed by atoms with van der Waals surface area (Å²) in [7, 11) is 0. The third kappa shape index (κ3) is 2.78. The van der Waals surface area contributed by atoms with Crippen LogP contribution in [0, 0.1) is 5.41 Å². The monoisotopic (exact) mass is 314 g/mol. The van der Waals surface area contributed by atoms with E-state index in [4.69, 9.17) is 21.8 Å². The number of halogens is 1. The normalized spacial score (nSPS) is 21.4. The molecule has 7 nitrogen and oxygen atoms in total. The molecule has 1 amide bonds. The van der Waals surface area contributed by atoms with E-state index in [0.29, 0.717) is 18.5 Å². The lowest BCUT2D eigenvalue weighted by atomic mass is 9.78. The highest BCUT2D eigenvalue weighted by molar-refractivity contribution is 6.31. The van der Waals surface area contributed by atoms with E-state index in [1.807, 2.05) is 0 Å². The molecule has 3 N–H and O–H groups in total. The van der Waals surface area contributed by atoms with Gasteiger partial charge in [0.15, 0.2) is 6.29 Å². The van der Waals surface area contributed by atoms with Crippen LogP contribution in [0.5, 0.6) is 0 Å². The molecule has 0 aromatic carbocycles. The number of nitrogens with one attached hydrogen (secondary N) is 1. The summed E-state index contributed by atoms with van der Waals surface area (Å²) in [4.78, 5) is 14.1. The van der Waals surface area contributed by atoms with Crippen molar-refractivity contribution in [3.05, 3.63) is 16.9 Å². The third-order valence-corrected chi connectivity index (χ3v) is 4.85. The molecule has 2 aliphatic rings.